The molecule has 0 unspecified atom stereocenters. The van der Waals surface area contributed by atoms with Crippen molar-refractivity contribution in [2.45, 2.75) is 18.2 Å². The van der Waals surface area contributed by atoms with E-state index in [9.17, 15) is 18.0 Å². The Bertz CT molecular complexity index is 658. The second-order valence-electron chi connectivity index (χ2n) is 5.37. The van der Waals surface area contributed by atoms with Crippen LogP contribution in [0, 0.1) is 0 Å². The molecule has 2 amide bonds. The van der Waals surface area contributed by atoms with E-state index in [1.807, 2.05) is 6.92 Å². The van der Waals surface area contributed by atoms with Crippen LogP contribution in [0.4, 0.5) is 5.69 Å². The normalized spacial score (nSPS) is 11.3. The van der Waals surface area contributed by atoms with Gasteiger partial charge in [0.05, 0.1) is 18.0 Å². The van der Waals surface area contributed by atoms with Crippen LogP contribution in [0.25, 0.3) is 0 Å². The molecule has 8 heteroatoms. The smallest absolute Gasteiger partial charge is 0.238 e. The third-order valence-electron chi connectivity index (χ3n) is 2.95. The van der Waals surface area contributed by atoms with E-state index in [0.29, 0.717) is 12.2 Å². The van der Waals surface area contributed by atoms with Gasteiger partial charge in [-0.15, -0.1) is 0 Å². The molecule has 7 nitrogen and oxygen atoms in total. The van der Waals surface area contributed by atoms with Crippen molar-refractivity contribution in [3.8, 4) is 0 Å². The summed E-state index contributed by atoms with van der Waals surface area (Å²) >= 11 is 0. The van der Waals surface area contributed by atoms with Crippen LogP contribution in [0.5, 0.6) is 0 Å². The second kappa shape index (κ2) is 8.64. The Morgan fingerprint density at radius 2 is 1.83 bits per heavy atom. The van der Waals surface area contributed by atoms with E-state index in [-0.39, 0.29) is 29.8 Å². The van der Waals surface area contributed by atoms with E-state index in [4.69, 9.17) is 0 Å². The van der Waals surface area contributed by atoms with Crippen molar-refractivity contribution in [3.63, 3.8) is 0 Å². The lowest BCUT2D eigenvalue weighted by Crippen LogP contribution is -2.39. The summed E-state index contributed by atoms with van der Waals surface area (Å²) < 4.78 is 23.0. The summed E-state index contributed by atoms with van der Waals surface area (Å²) in [6.07, 6.45) is 1.96. The highest BCUT2D eigenvalue weighted by molar-refractivity contribution is 7.90. The van der Waals surface area contributed by atoms with Gasteiger partial charge < -0.3 is 10.6 Å². The van der Waals surface area contributed by atoms with E-state index < -0.39 is 9.84 Å². The minimum Gasteiger partial charge on any atom is -0.355 e. The van der Waals surface area contributed by atoms with Crippen molar-refractivity contribution in [3.05, 3.63) is 24.3 Å². The highest BCUT2D eigenvalue weighted by Gasteiger charge is 2.12. The first-order valence-corrected chi connectivity index (χ1v) is 9.16. The quantitative estimate of drug-likeness (QED) is 0.717. The first-order chi connectivity index (χ1) is 10.7. The number of benzene rings is 1. The van der Waals surface area contributed by atoms with Gasteiger partial charge in [0, 0.05) is 18.5 Å². The van der Waals surface area contributed by atoms with Crippen molar-refractivity contribution in [2.24, 2.45) is 0 Å². The zero-order valence-electron chi connectivity index (χ0n) is 13.6. The van der Waals surface area contributed by atoms with Gasteiger partial charge in [-0.2, -0.15) is 0 Å². The van der Waals surface area contributed by atoms with Crippen LogP contribution in [0.15, 0.2) is 29.2 Å². The number of anilines is 1. The molecule has 0 saturated heterocycles. The fourth-order valence-electron chi connectivity index (χ4n) is 1.87. The number of amides is 2. The monoisotopic (exact) mass is 341 g/mol. The average molecular weight is 341 g/mol. The highest BCUT2D eigenvalue weighted by Crippen LogP contribution is 2.15. The van der Waals surface area contributed by atoms with Crippen LogP contribution in [0.3, 0.4) is 0 Å². The van der Waals surface area contributed by atoms with Gasteiger partial charge in [-0.1, -0.05) is 13.0 Å². The zero-order chi connectivity index (χ0) is 17.5. The van der Waals surface area contributed by atoms with Crippen LogP contribution >= 0.6 is 0 Å². The molecular weight excluding hydrogens is 318 g/mol. The molecule has 0 heterocycles. The highest BCUT2D eigenvalue weighted by atomic mass is 32.2. The van der Waals surface area contributed by atoms with Gasteiger partial charge in [-0.25, -0.2) is 8.42 Å². The fourth-order valence-corrected chi connectivity index (χ4v) is 2.54. The molecule has 2 N–H and O–H groups in total. The Hall–Kier alpha value is -1.93. The predicted molar refractivity (Wildman–Crippen MR) is 89.0 cm³/mol. The molecule has 1 aromatic rings. The molecule has 0 radical (unpaired) electrons. The number of sulfone groups is 1. The molecule has 0 atom stereocenters. The molecule has 0 saturated carbocycles. The largest absolute Gasteiger partial charge is 0.355 e. The van der Waals surface area contributed by atoms with Crippen molar-refractivity contribution < 1.29 is 18.0 Å². The molecule has 0 spiro atoms. The summed E-state index contributed by atoms with van der Waals surface area (Å²) in [5.74, 6) is -0.456. The number of nitrogens with one attached hydrogen (secondary N) is 2. The lowest BCUT2D eigenvalue weighted by molar-refractivity contribution is -0.122. The van der Waals surface area contributed by atoms with Crippen LogP contribution in [0.2, 0.25) is 0 Å². The Morgan fingerprint density at radius 3 is 2.43 bits per heavy atom. The van der Waals surface area contributed by atoms with Crippen molar-refractivity contribution in [1.82, 2.24) is 10.2 Å². The SMILES string of the molecule is CCCNC(=O)CN(C)CC(=O)Nc1cccc(S(C)(=O)=O)c1. The topological polar surface area (TPSA) is 95.6 Å². The number of rotatable bonds is 8. The van der Waals surface area contributed by atoms with E-state index in [0.717, 1.165) is 12.7 Å². The minimum absolute atomic E-state index is 0.0304. The first-order valence-electron chi connectivity index (χ1n) is 7.27. The van der Waals surface area contributed by atoms with Gasteiger partial charge in [0.1, 0.15) is 0 Å². The average Bonchev–Trinajstić information content (AvgIpc) is 2.44. The fraction of sp³-hybridized carbons (Fsp3) is 0.467. The second-order valence-corrected chi connectivity index (χ2v) is 7.39. The molecule has 1 rings (SSSR count). The van der Waals surface area contributed by atoms with Crippen molar-refractivity contribution in [1.29, 1.82) is 0 Å². The Morgan fingerprint density at radius 1 is 1.17 bits per heavy atom. The van der Waals surface area contributed by atoms with Crippen molar-refractivity contribution >= 4 is 27.3 Å². The summed E-state index contributed by atoms with van der Waals surface area (Å²) in [4.78, 5) is 25.2. The summed E-state index contributed by atoms with van der Waals surface area (Å²) in [6.45, 7) is 2.72. The van der Waals surface area contributed by atoms with Crippen LogP contribution in [-0.2, 0) is 19.4 Å². The molecule has 128 valence electrons. The van der Waals surface area contributed by atoms with Gasteiger partial charge in [0.25, 0.3) is 0 Å². The third-order valence-corrected chi connectivity index (χ3v) is 4.06. The van der Waals surface area contributed by atoms with Gasteiger partial charge in [-0.3, -0.25) is 14.5 Å². The maximum absolute atomic E-state index is 11.9. The Kier molecular flexibility index (Phi) is 7.18. The number of hydrogen-bond acceptors (Lipinski definition) is 5. The number of carbonyl (C=O) groups is 2. The Labute approximate surface area is 137 Å². The molecule has 0 aromatic heterocycles. The molecule has 23 heavy (non-hydrogen) atoms. The van der Waals surface area contributed by atoms with Crippen LogP contribution in [-0.4, -0.2) is 58.1 Å². The summed E-state index contributed by atoms with van der Waals surface area (Å²) in [5.41, 5.74) is 0.404. The van der Waals surface area contributed by atoms with Crippen molar-refractivity contribution in [2.75, 3.05) is 38.3 Å². The Balaban J connectivity index is 2.55. The van der Waals surface area contributed by atoms with Gasteiger partial charge >= 0.3 is 0 Å². The van der Waals surface area contributed by atoms with E-state index >= 15 is 0 Å². The molecular formula is C15H23N3O4S. The maximum Gasteiger partial charge on any atom is 0.238 e. The van der Waals surface area contributed by atoms with E-state index in [1.165, 1.54) is 12.1 Å². The maximum atomic E-state index is 11.9. The van der Waals surface area contributed by atoms with Crippen LogP contribution in [0.1, 0.15) is 13.3 Å². The lowest BCUT2D eigenvalue weighted by Gasteiger charge is -2.16. The number of hydrogen-bond donors (Lipinski definition) is 2. The predicted octanol–water partition coefficient (Wildman–Crippen LogP) is 0.487. The molecule has 0 bridgehead atoms. The van der Waals surface area contributed by atoms with Gasteiger partial charge in [0.15, 0.2) is 9.84 Å². The summed E-state index contributed by atoms with van der Waals surface area (Å²) in [7, 11) is -1.66. The molecule has 0 aliphatic rings. The molecule has 0 aliphatic heterocycles. The van der Waals surface area contributed by atoms with Gasteiger partial charge in [0.2, 0.25) is 11.8 Å². The number of nitrogens with zero attached hydrogens (tertiary/aromatic N) is 1. The van der Waals surface area contributed by atoms with Crippen LogP contribution < -0.4 is 10.6 Å². The lowest BCUT2D eigenvalue weighted by atomic mass is 10.3. The zero-order valence-corrected chi connectivity index (χ0v) is 14.4. The van der Waals surface area contributed by atoms with E-state index in [2.05, 4.69) is 10.6 Å². The molecule has 0 aliphatic carbocycles. The summed E-state index contributed by atoms with van der Waals surface area (Å²) in [5, 5.41) is 5.36. The number of likely N-dealkylation sites (N-methyl/N-ethyl adjacent to an activating group) is 1. The summed E-state index contributed by atoms with van der Waals surface area (Å²) in [6, 6.07) is 6.05. The number of carbonyl (C=O) groups excluding carboxylic acids is 2. The third kappa shape index (κ3) is 7.25. The van der Waals surface area contributed by atoms with Gasteiger partial charge in [-0.05, 0) is 31.7 Å². The van der Waals surface area contributed by atoms with E-state index in [1.54, 1.807) is 24.1 Å². The first kappa shape index (κ1) is 19.1. The minimum atomic E-state index is -3.32. The standard InChI is InChI=1S/C15H23N3O4S/c1-4-8-16-14(19)10-18(2)11-15(20)17-12-6-5-7-13(9-12)23(3,21)22/h5-7,9H,4,8,10-11H2,1-3H3,(H,16,19)(H,17,20). The molecule has 0 fully saturated rings. The molecule has 1 aromatic carbocycles.